The molecule has 0 saturated carbocycles. The van der Waals surface area contributed by atoms with Gasteiger partial charge in [0.2, 0.25) is 0 Å². The highest BCUT2D eigenvalue weighted by Crippen LogP contribution is 2.23. The molecule has 0 aromatic carbocycles. The lowest BCUT2D eigenvalue weighted by atomic mass is 10.3. The van der Waals surface area contributed by atoms with Crippen LogP contribution in [0.4, 0.5) is 13.2 Å². The first kappa shape index (κ1) is 11.4. The first-order valence-corrected chi connectivity index (χ1v) is 5.19. The average molecular weight is 221 g/mol. The van der Waals surface area contributed by atoms with Crippen molar-refractivity contribution in [1.29, 1.82) is 0 Å². The average Bonchev–Trinajstić information content (AvgIpc) is 2.01. The summed E-state index contributed by atoms with van der Waals surface area (Å²) in [6.07, 6.45) is -2.48. The van der Waals surface area contributed by atoms with Crippen LogP contribution in [0.2, 0.25) is 0 Å². The molecule has 1 heterocycles. The van der Waals surface area contributed by atoms with Crippen LogP contribution in [0.3, 0.4) is 0 Å². The summed E-state index contributed by atoms with van der Waals surface area (Å²) in [5.41, 5.74) is 1.71. The Bertz CT molecular complexity index is 298. The fourth-order valence-corrected chi connectivity index (χ4v) is 1.65. The molecule has 0 fully saturated rings. The van der Waals surface area contributed by atoms with Gasteiger partial charge >= 0.3 is 6.18 Å². The third-order valence-corrected chi connectivity index (χ3v) is 2.52. The predicted molar refractivity (Wildman–Crippen MR) is 51.2 cm³/mol. The van der Waals surface area contributed by atoms with Crippen LogP contribution in [0.15, 0.2) is 18.3 Å². The van der Waals surface area contributed by atoms with Gasteiger partial charge < -0.3 is 0 Å². The van der Waals surface area contributed by atoms with Crippen LogP contribution in [0, 0.1) is 6.92 Å². The van der Waals surface area contributed by atoms with Crippen molar-refractivity contribution in [2.45, 2.75) is 18.9 Å². The minimum atomic E-state index is -4.09. The lowest BCUT2D eigenvalue weighted by Gasteiger charge is -2.05. The molecule has 0 unspecified atom stereocenters. The number of alkyl halides is 3. The second-order valence-corrected chi connectivity index (χ2v) is 3.92. The number of hydrogen-bond donors (Lipinski definition) is 0. The van der Waals surface area contributed by atoms with E-state index in [-0.39, 0.29) is 0 Å². The largest absolute Gasteiger partial charge is 0.397 e. The molecule has 0 atom stereocenters. The van der Waals surface area contributed by atoms with Crippen LogP contribution in [0.1, 0.15) is 11.3 Å². The molecule has 0 aliphatic rings. The second kappa shape index (κ2) is 4.68. The van der Waals surface area contributed by atoms with Crippen molar-refractivity contribution in [2.75, 3.05) is 5.75 Å². The molecule has 0 radical (unpaired) electrons. The predicted octanol–water partition coefficient (Wildman–Crippen LogP) is 3.19. The van der Waals surface area contributed by atoms with E-state index in [4.69, 9.17) is 0 Å². The van der Waals surface area contributed by atoms with Gasteiger partial charge in [0, 0.05) is 11.9 Å². The fraction of sp³-hybridized carbons (Fsp3) is 0.444. The van der Waals surface area contributed by atoms with Crippen molar-refractivity contribution in [1.82, 2.24) is 4.98 Å². The number of hydrogen-bond acceptors (Lipinski definition) is 2. The van der Waals surface area contributed by atoms with Gasteiger partial charge in [-0.05, 0) is 24.6 Å². The Morgan fingerprint density at radius 1 is 1.43 bits per heavy atom. The van der Waals surface area contributed by atoms with E-state index in [1.54, 1.807) is 12.3 Å². The van der Waals surface area contributed by atoms with Crippen LogP contribution in [0.25, 0.3) is 0 Å². The van der Waals surface area contributed by atoms with Crippen molar-refractivity contribution in [3.8, 4) is 0 Å². The van der Waals surface area contributed by atoms with Gasteiger partial charge in [0.25, 0.3) is 0 Å². The summed E-state index contributed by atoms with van der Waals surface area (Å²) in [6.45, 7) is 1.89. The molecule has 0 aliphatic carbocycles. The van der Waals surface area contributed by atoms with Crippen LogP contribution >= 0.6 is 11.8 Å². The highest BCUT2D eigenvalue weighted by atomic mass is 32.2. The van der Waals surface area contributed by atoms with Crippen LogP contribution in [0.5, 0.6) is 0 Å². The van der Waals surface area contributed by atoms with Crippen LogP contribution in [-0.4, -0.2) is 16.9 Å². The molecule has 1 aromatic heterocycles. The molecule has 0 N–H and O–H groups in total. The summed E-state index contributed by atoms with van der Waals surface area (Å²) in [4.78, 5) is 3.97. The molecule has 14 heavy (non-hydrogen) atoms. The molecular formula is C9H10F3NS. The minimum Gasteiger partial charge on any atom is -0.260 e. The molecule has 0 amide bonds. The molecule has 1 aromatic rings. The maximum absolute atomic E-state index is 11.8. The topological polar surface area (TPSA) is 12.9 Å². The molecular weight excluding hydrogens is 211 g/mol. The Kier molecular flexibility index (Phi) is 3.80. The Balaban J connectivity index is 2.39. The number of pyridine rings is 1. The van der Waals surface area contributed by atoms with Gasteiger partial charge in [0.05, 0.1) is 11.4 Å². The Labute approximate surface area is 84.7 Å². The third kappa shape index (κ3) is 4.50. The first-order valence-electron chi connectivity index (χ1n) is 4.03. The standard InChI is InChI=1S/C9H10F3NS/c1-7-2-3-13-8(4-7)5-14-6-9(10,11)12/h2-4H,5-6H2,1H3. The molecule has 0 saturated heterocycles. The monoisotopic (exact) mass is 221 g/mol. The maximum atomic E-state index is 11.8. The summed E-state index contributed by atoms with van der Waals surface area (Å²) in [5, 5.41) is 0. The number of nitrogens with zero attached hydrogens (tertiary/aromatic N) is 1. The minimum absolute atomic E-state index is 0.307. The third-order valence-electron chi connectivity index (χ3n) is 1.49. The van der Waals surface area contributed by atoms with Crippen molar-refractivity contribution >= 4 is 11.8 Å². The zero-order chi connectivity index (χ0) is 10.6. The van der Waals surface area contributed by atoms with E-state index in [2.05, 4.69) is 4.98 Å². The summed E-state index contributed by atoms with van der Waals surface area (Å²) in [6, 6.07) is 3.61. The lowest BCUT2D eigenvalue weighted by molar-refractivity contribution is -0.105. The summed E-state index contributed by atoms with van der Waals surface area (Å²) in [5.74, 6) is -0.510. The Hall–Kier alpha value is -0.710. The van der Waals surface area contributed by atoms with Gasteiger partial charge in [0.15, 0.2) is 0 Å². The van der Waals surface area contributed by atoms with Crippen molar-refractivity contribution in [3.63, 3.8) is 0 Å². The van der Waals surface area contributed by atoms with E-state index < -0.39 is 11.9 Å². The number of halogens is 3. The normalized spacial score (nSPS) is 11.7. The molecule has 0 bridgehead atoms. The van der Waals surface area contributed by atoms with Gasteiger partial charge in [-0.25, -0.2) is 0 Å². The molecule has 5 heteroatoms. The van der Waals surface area contributed by atoms with Gasteiger partial charge in [-0.1, -0.05) is 0 Å². The fourth-order valence-electron chi connectivity index (χ4n) is 0.949. The van der Waals surface area contributed by atoms with Gasteiger partial charge in [-0.2, -0.15) is 13.2 Å². The number of rotatable bonds is 3. The molecule has 0 aliphatic heterocycles. The molecule has 0 spiro atoms. The van der Waals surface area contributed by atoms with Crippen LogP contribution in [-0.2, 0) is 5.75 Å². The highest BCUT2D eigenvalue weighted by molar-refractivity contribution is 7.98. The zero-order valence-electron chi connectivity index (χ0n) is 7.64. The Morgan fingerprint density at radius 2 is 2.14 bits per heavy atom. The van der Waals surface area contributed by atoms with E-state index >= 15 is 0 Å². The summed E-state index contributed by atoms with van der Waals surface area (Å²) < 4.78 is 35.4. The smallest absolute Gasteiger partial charge is 0.260 e. The number of aryl methyl sites for hydroxylation is 1. The van der Waals surface area contributed by atoms with Crippen LogP contribution < -0.4 is 0 Å². The van der Waals surface area contributed by atoms with Gasteiger partial charge in [-0.15, -0.1) is 11.8 Å². The van der Waals surface area contributed by atoms with Gasteiger partial charge in [-0.3, -0.25) is 4.98 Å². The molecule has 1 nitrogen and oxygen atoms in total. The van der Waals surface area contributed by atoms with Crippen molar-refractivity contribution < 1.29 is 13.2 Å². The number of aromatic nitrogens is 1. The summed E-state index contributed by atoms with van der Waals surface area (Å²) in [7, 11) is 0. The van der Waals surface area contributed by atoms with Crippen molar-refractivity contribution in [2.24, 2.45) is 0 Å². The molecule has 78 valence electrons. The summed E-state index contributed by atoms with van der Waals surface area (Å²) >= 11 is 0.834. The first-order chi connectivity index (χ1) is 6.47. The molecule has 1 rings (SSSR count). The van der Waals surface area contributed by atoms with E-state index in [1.807, 2.05) is 13.0 Å². The Morgan fingerprint density at radius 3 is 2.71 bits per heavy atom. The second-order valence-electron chi connectivity index (χ2n) is 2.93. The highest BCUT2D eigenvalue weighted by Gasteiger charge is 2.26. The van der Waals surface area contributed by atoms with E-state index in [0.717, 1.165) is 17.3 Å². The zero-order valence-corrected chi connectivity index (χ0v) is 8.45. The SMILES string of the molecule is Cc1ccnc(CSCC(F)(F)F)c1. The van der Waals surface area contributed by atoms with E-state index in [1.165, 1.54) is 0 Å². The maximum Gasteiger partial charge on any atom is 0.397 e. The lowest BCUT2D eigenvalue weighted by Crippen LogP contribution is -2.10. The van der Waals surface area contributed by atoms with E-state index in [0.29, 0.717) is 11.4 Å². The number of thioether (sulfide) groups is 1. The quantitative estimate of drug-likeness (QED) is 0.777. The van der Waals surface area contributed by atoms with Gasteiger partial charge in [0.1, 0.15) is 0 Å². The van der Waals surface area contributed by atoms with E-state index in [9.17, 15) is 13.2 Å². The van der Waals surface area contributed by atoms with Crippen molar-refractivity contribution in [3.05, 3.63) is 29.6 Å².